The Hall–Kier alpha value is -2.80. The molecule has 0 saturated carbocycles. The highest BCUT2D eigenvalue weighted by Gasteiger charge is 2.44. The summed E-state index contributed by atoms with van der Waals surface area (Å²) in [5.74, 6) is -0.337. The standard InChI is InChI=1S/C15H20N6O6/c1-2-8(23)17-3-4-26-13-9-12(19-15(16)20-13)21(6-18-9)14-11(25)10(24)7(5-22)27-14/h2,6-7,10-11,14,22,24-25H,1,3-5H2,(H,17,23)(H2,16,19,20)/t7-,10-,11-,14-/m1/s1. The zero-order valence-corrected chi connectivity index (χ0v) is 14.2. The molecule has 0 radical (unpaired) electrons. The molecule has 0 aromatic carbocycles. The molecule has 0 bridgehead atoms. The Morgan fingerprint density at radius 2 is 2.22 bits per heavy atom. The van der Waals surface area contributed by atoms with Gasteiger partial charge in [0.2, 0.25) is 17.7 Å². The predicted octanol–water partition coefficient (Wildman–Crippen LogP) is -2.30. The number of nitrogens with zero attached hydrogens (tertiary/aromatic N) is 4. The number of anilines is 1. The number of nitrogen functional groups attached to an aromatic ring is 1. The van der Waals surface area contributed by atoms with Crippen molar-refractivity contribution in [3.05, 3.63) is 19.0 Å². The van der Waals surface area contributed by atoms with E-state index in [1.807, 2.05) is 0 Å². The molecule has 0 aliphatic carbocycles. The van der Waals surface area contributed by atoms with E-state index < -0.39 is 31.1 Å². The first-order valence-corrected chi connectivity index (χ1v) is 8.11. The number of carbonyl (C=O) groups is 1. The average molecular weight is 380 g/mol. The monoisotopic (exact) mass is 380 g/mol. The van der Waals surface area contributed by atoms with Crippen molar-refractivity contribution in [2.45, 2.75) is 24.5 Å². The summed E-state index contributed by atoms with van der Waals surface area (Å²) in [6.45, 7) is 3.21. The fraction of sp³-hybridized carbons (Fsp3) is 0.467. The highest BCUT2D eigenvalue weighted by molar-refractivity contribution is 5.86. The lowest BCUT2D eigenvalue weighted by Crippen LogP contribution is -2.33. The molecule has 1 amide bonds. The van der Waals surface area contributed by atoms with Gasteiger partial charge in [0.15, 0.2) is 17.4 Å². The van der Waals surface area contributed by atoms with Crippen LogP contribution in [0.4, 0.5) is 5.95 Å². The molecule has 2 aromatic rings. The number of aliphatic hydroxyl groups excluding tert-OH is 3. The first-order valence-electron chi connectivity index (χ1n) is 8.11. The Balaban J connectivity index is 1.83. The van der Waals surface area contributed by atoms with Gasteiger partial charge in [-0.1, -0.05) is 6.58 Å². The molecule has 1 aliphatic heterocycles. The number of carbonyl (C=O) groups excluding carboxylic acids is 1. The summed E-state index contributed by atoms with van der Waals surface area (Å²) >= 11 is 0. The van der Waals surface area contributed by atoms with Gasteiger partial charge in [0.25, 0.3) is 0 Å². The number of aromatic nitrogens is 4. The third-order valence-corrected chi connectivity index (χ3v) is 4.02. The maximum atomic E-state index is 11.1. The molecule has 1 aliphatic rings. The third-order valence-electron chi connectivity index (χ3n) is 4.02. The summed E-state index contributed by atoms with van der Waals surface area (Å²) in [5.41, 5.74) is 6.21. The third kappa shape index (κ3) is 3.68. The summed E-state index contributed by atoms with van der Waals surface area (Å²) < 4.78 is 12.4. The summed E-state index contributed by atoms with van der Waals surface area (Å²) in [6, 6.07) is 0. The first kappa shape index (κ1) is 19.0. The summed E-state index contributed by atoms with van der Waals surface area (Å²) in [6.07, 6.45) is -2.04. The molecule has 27 heavy (non-hydrogen) atoms. The van der Waals surface area contributed by atoms with Gasteiger partial charge >= 0.3 is 0 Å². The predicted molar refractivity (Wildman–Crippen MR) is 91.4 cm³/mol. The van der Waals surface area contributed by atoms with E-state index in [0.29, 0.717) is 0 Å². The molecular weight excluding hydrogens is 360 g/mol. The Morgan fingerprint density at radius 1 is 1.44 bits per heavy atom. The normalized spacial score (nSPS) is 24.9. The highest BCUT2D eigenvalue weighted by atomic mass is 16.6. The van der Waals surface area contributed by atoms with E-state index in [4.69, 9.17) is 15.2 Å². The van der Waals surface area contributed by atoms with Crippen molar-refractivity contribution >= 4 is 23.0 Å². The first-order chi connectivity index (χ1) is 13.0. The van der Waals surface area contributed by atoms with E-state index in [-0.39, 0.29) is 42.1 Å². The summed E-state index contributed by atoms with van der Waals surface area (Å²) in [5, 5.41) is 31.9. The van der Waals surface area contributed by atoms with Gasteiger partial charge in [-0.25, -0.2) is 4.98 Å². The number of hydrogen-bond acceptors (Lipinski definition) is 10. The maximum absolute atomic E-state index is 11.1. The number of nitrogens with two attached hydrogens (primary N) is 1. The molecule has 12 heteroatoms. The Kier molecular flexibility index (Phi) is 5.51. The number of amides is 1. The van der Waals surface area contributed by atoms with Crippen molar-refractivity contribution < 1.29 is 29.6 Å². The van der Waals surface area contributed by atoms with Crippen LogP contribution in [0.3, 0.4) is 0 Å². The fourth-order valence-corrected chi connectivity index (χ4v) is 2.70. The van der Waals surface area contributed by atoms with Crippen molar-refractivity contribution in [1.82, 2.24) is 24.8 Å². The number of imidazole rings is 1. The minimum Gasteiger partial charge on any atom is -0.474 e. The molecular formula is C15H20N6O6. The minimum absolute atomic E-state index is 0.0934. The van der Waals surface area contributed by atoms with Crippen LogP contribution in [0, 0.1) is 0 Å². The molecule has 12 nitrogen and oxygen atoms in total. The molecule has 6 N–H and O–H groups in total. The smallest absolute Gasteiger partial charge is 0.247 e. The molecule has 3 heterocycles. The van der Waals surface area contributed by atoms with E-state index in [1.54, 1.807) is 0 Å². The van der Waals surface area contributed by atoms with Gasteiger partial charge in [0, 0.05) is 0 Å². The van der Waals surface area contributed by atoms with Crippen molar-refractivity contribution in [3.8, 4) is 5.88 Å². The lowest BCUT2D eigenvalue weighted by molar-refractivity contribution is -0.116. The van der Waals surface area contributed by atoms with Crippen LogP contribution in [-0.4, -0.2) is 78.8 Å². The Labute approximate surface area is 153 Å². The number of hydrogen-bond donors (Lipinski definition) is 5. The van der Waals surface area contributed by atoms with Gasteiger partial charge in [-0.15, -0.1) is 0 Å². The van der Waals surface area contributed by atoms with Gasteiger partial charge in [0.1, 0.15) is 24.9 Å². The maximum Gasteiger partial charge on any atom is 0.247 e. The van der Waals surface area contributed by atoms with Crippen LogP contribution in [0.1, 0.15) is 6.23 Å². The van der Waals surface area contributed by atoms with Crippen LogP contribution in [0.2, 0.25) is 0 Å². The van der Waals surface area contributed by atoms with Crippen molar-refractivity contribution in [2.24, 2.45) is 0 Å². The van der Waals surface area contributed by atoms with Gasteiger partial charge in [0.05, 0.1) is 19.5 Å². The van der Waals surface area contributed by atoms with E-state index in [1.165, 1.54) is 10.9 Å². The zero-order valence-electron chi connectivity index (χ0n) is 14.2. The second-order valence-corrected chi connectivity index (χ2v) is 5.78. The van der Waals surface area contributed by atoms with Gasteiger partial charge in [-0.3, -0.25) is 9.36 Å². The van der Waals surface area contributed by atoms with Gasteiger partial charge in [-0.05, 0) is 6.08 Å². The zero-order chi connectivity index (χ0) is 19.6. The number of rotatable bonds is 7. The largest absolute Gasteiger partial charge is 0.474 e. The summed E-state index contributed by atoms with van der Waals surface area (Å²) in [7, 11) is 0. The van der Waals surface area contributed by atoms with Crippen molar-refractivity contribution in [1.29, 1.82) is 0 Å². The van der Waals surface area contributed by atoms with Crippen molar-refractivity contribution in [3.63, 3.8) is 0 Å². The number of ether oxygens (including phenoxy) is 2. The number of fused-ring (bicyclic) bond motifs is 1. The Bertz CT molecular complexity index is 842. The van der Waals surface area contributed by atoms with E-state index in [0.717, 1.165) is 6.08 Å². The minimum atomic E-state index is -1.30. The second kappa shape index (κ2) is 7.84. The topological polar surface area (TPSA) is 178 Å². The molecule has 0 spiro atoms. The van der Waals surface area contributed by atoms with Gasteiger partial charge in [-0.2, -0.15) is 9.97 Å². The van der Waals surface area contributed by atoms with E-state index >= 15 is 0 Å². The molecule has 1 fully saturated rings. The van der Waals surface area contributed by atoms with E-state index in [2.05, 4.69) is 26.8 Å². The molecule has 1 saturated heterocycles. The second-order valence-electron chi connectivity index (χ2n) is 5.78. The van der Waals surface area contributed by atoms with Crippen LogP contribution in [0.15, 0.2) is 19.0 Å². The number of aliphatic hydroxyl groups is 3. The Morgan fingerprint density at radius 3 is 2.89 bits per heavy atom. The molecule has 3 rings (SSSR count). The molecule has 0 unspecified atom stereocenters. The molecule has 4 atom stereocenters. The highest BCUT2D eigenvalue weighted by Crippen LogP contribution is 2.32. The van der Waals surface area contributed by atoms with Crippen LogP contribution < -0.4 is 15.8 Å². The lowest BCUT2D eigenvalue weighted by atomic mass is 10.1. The molecule has 2 aromatic heterocycles. The average Bonchev–Trinajstić information content (AvgIpc) is 3.19. The number of nitrogens with one attached hydrogen (secondary N) is 1. The van der Waals surface area contributed by atoms with E-state index in [9.17, 15) is 20.1 Å². The van der Waals surface area contributed by atoms with Crippen LogP contribution >= 0.6 is 0 Å². The SMILES string of the molecule is C=CC(=O)NCCOc1nc(N)nc2c1ncn2[C@@H]1O[C@H](CO)[C@@H](O)[C@H]1O. The molecule has 146 valence electrons. The fourth-order valence-electron chi connectivity index (χ4n) is 2.70. The summed E-state index contributed by atoms with van der Waals surface area (Å²) in [4.78, 5) is 23.4. The quantitative estimate of drug-likeness (QED) is 0.259. The van der Waals surface area contributed by atoms with Gasteiger partial charge < -0.3 is 35.8 Å². The van der Waals surface area contributed by atoms with Crippen molar-refractivity contribution in [2.75, 3.05) is 25.5 Å². The van der Waals surface area contributed by atoms with Crippen LogP contribution in [0.5, 0.6) is 5.88 Å². The lowest BCUT2D eigenvalue weighted by Gasteiger charge is -2.16. The van der Waals surface area contributed by atoms with Crippen LogP contribution in [0.25, 0.3) is 11.2 Å². The van der Waals surface area contributed by atoms with Crippen LogP contribution in [-0.2, 0) is 9.53 Å².